The molecule has 0 radical (unpaired) electrons. The Balaban J connectivity index is 2.62. The molecule has 1 heterocycles. The van der Waals surface area contributed by atoms with E-state index in [1.165, 1.54) is 5.69 Å². The van der Waals surface area contributed by atoms with Crippen molar-refractivity contribution in [1.82, 2.24) is 4.57 Å². The third kappa shape index (κ3) is 3.18. The second-order valence-electron chi connectivity index (χ2n) is 4.42. The van der Waals surface area contributed by atoms with Gasteiger partial charge in [-0.05, 0) is 24.5 Å². The molecule has 2 heteroatoms. The summed E-state index contributed by atoms with van der Waals surface area (Å²) in [6, 6.07) is 4.59. The molecule has 2 nitrogen and oxygen atoms in total. The molecule has 0 bridgehead atoms. The lowest BCUT2D eigenvalue weighted by molar-refractivity contribution is 0.500. The van der Waals surface area contributed by atoms with Crippen LogP contribution in [-0.4, -0.2) is 10.6 Å². The van der Waals surface area contributed by atoms with Crippen molar-refractivity contribution in [2.45, 2.75) is 46.2 Å². The van der Waals surface area contributed by atoms with Gasteiger partial charge in [0.1, 0.15) is 0 Å². The molecule has 0 aliphatic heterocycles. The summed E-state index contributed by atoms with van der Waals surface area (Å²) in [7, 11) is 0. The average Bonchev–Trinajstić information content (AvgIpc) is 2.52. The van der Waals surface area contributed by atoms with Crippen LogP contribution in [0.4, 0.5) is 0 Å². The van der Waals surface area contributed by atoms with Crippen molar-refractivity contribution in [2.24, 2.45) is 11.7 Å². The van der Waals surface area contributed by atoms with Crippen LogP contribution in [0.2, 0.25) is 0 Å². The monoisotopic (exact) mass is 194 g/mol. The molecule has 0 aliphatic carbocycles. The molecule has 2 N–H and O–H groups in total. The van der Waals surface area contributed by atoms with E-state index in [2.05, 4.69) is 43.7 Å². The Morgan fingerprint density at radius 1 is 1.43 bits per heavy atom. The van der Waals surface area contributed by atoms with Crippen molar-refractivity contribution in [1.29, 1.82) is 0 Å². The Morgan fingerprint density at radius 2 is 2.14 bits per heavy atom. The maximum atomic E-state index is 5.95. The van der Waals surface area contributed by atoms with Crippen molar-refractivity contribution in [3.8, 4) is 0 Å². The first-order valence-electron chi connectivity index (χ1n) is 5.53. The van der Waals surface area contributed by atoms with E-state index >= 15 is 0 Å². The van der Waals surface area contributed by atoms with Gasteiger partial charge in [-0.3, -0.25) is 0 Å². The third-order valence-corrected chi connectivity index (χ3v) is 2.48. The first-order valence-corrected chi connectivity index (χ1v) is 5.53. The highest BCUT2D eigenvalue weighted by atomic mass is 15.0. The smallest absolute Gasteiger partial charge is 0.0245 e. The van der Waals surface area contributed by atoms with Crippen LogP contribution in [0, 0.1) is 5.92 Å². The number of nitrogens with zero attached hydrogens (tertiary/aromatic N) is 1. The second kappa shape index (κ2) is 5.20. The molecule has 0 aromatic carbocycles. The summed E-state index contributed by atoms with van der Waals surface area (Å²) in [5.74, 6) is 0.694. The van der Waals surface area contributed by atoms with Crippen LogP contribution in [0.3, 0.4) is 0 Å². The van der Waals surface area contributed by atoms with Crippen LogP contribution in [0.15, 0.2) is 18.3 Å². The lowest BCUT2D eigenvalue weighted by atomic mass is 10.1. The van der Waals surface area contributed by atoms with Gasteiger partial charge in [-0.2, -0.15) is 0 Å². The van der Waals surface area contributed by atoms with Crippen molar-refractivity contribution < 1.29 is 0 Å². The van der Waals surface area contributed by atoms with E-state index in [0.717, 1.165) is 19.4 Å². The van der Waals surface area contributed by atoms with Gasteiger partial charge in [-0.15, -0.1) is 0 Å². The van der Waals surface area contributed by atoms with Gasteiger partial charge < -0.3 is 10.3 Å². The van der Waals surface area contributed by atoms with Crippen LogP contribution in [-0.2, 0) is 13.0 Å². The van der Waals surface area contributed by atoms with Crippen molar-refractivity contribution in [3.05, 3.63) is 24.0 Å². The van der Waals surface area contributed by atoms with Gasteiger partial charge in [0.25, 0.3) is 0 Å². The van der Waals surface area contributed by atoms with Gasteiger partial charge in [-0.25, -0.2) is 0 Å². The number of nitrogens with two attached hydrogens (primary N) is 1. The Morgan fingerprint density at radius 3 is 2.71 bits per heavy atom. The normalized spacial score (nSPS) is 13.5. The Labute approximate surface area is 87.1 Å². The first kappa shape index (κ1) is 11.3. The highest BCUT2D eigenvalue weighted by Gasteiger charge is 2.06. The van der Waals surface area contributed by atoms with Gasteiger partial charge in [0, 0.05) is 30.9 Å². The topological polar surface area (TPSA) is 30.9 Å². The van der Waals surface area contributed by atoms with Gasteiger partial charge in [-0.1, -0.05) is 20.8 Å². The van der Waals surface area contributed by atoms with Gasteiger partial charge >= 0.3 is 0 Å². The minimum absolute atomic E-state index is 0.302. The first-order chi connectivity index (χ1) is 6.63. The molecule has 14 heavy (non-hydrogen) atoms. The van der Waals surface area contributed by atoms with E-state index in [9.17, 15) is 0 Å². The number of hydrogen-bond donors (Lipinski definition) is 1. The molecular formula is C12H22N2. The molecular weight excluding hydrogens is 172 g/mol. The molecule has 1 aromatic rings. The molecule has 0 fully saturated rings. The standard InChI is InChI=1S/C12H22N2/c1-4-11(13)8-12-6-5-7-14(12)9-10(2)3/h5-7,10-11H,4,8-9,13H2,1-3H3. The summed E-state index contributed by atoms with van der Waals surface area (Å²) >= 11 is 0. The average molecular weight is 194 g/mol. The molecule has 0 amide bonds. The molecule has 1 aromatic heterocycles. The number of hydrogen-bond acceptors (Lipinski definition) is 1. The quantitative estimate of drug-likeness (QED) is 0.766. The molecule has 80 valence electrons. The van der Waals surface area contributed by atoms with Gasteiger partial charge in [0.2, 0.25) is 0 Å². The Hall–Kier alpha value is -0.760. The predicted octanol–water partition coefficient (Wildman–Crippen LogP) is 2.42. The van der Waals surface area contributed by atoms with Gasteiger partial charge in [0.15, 0.2) is 0 Å². The summed E-state index contributed by atoms with van der Waals surface area (Å²) in [5.41, 5.74) is 7.32. The lowest BCUT2D eigenvalue weighted by Crippen LogP contribution is -2.23. The summed E-state index contributed by atoms with van der Waals surface area (Å²) in [6.07, 6.45) is 4.20. The summed E-state index contributed by atoms with van der Waals surface area (Å²) < 4.78 is 2.32. The molecule has 1 unspecified atom stereocenters. The third-order valence-electron chi connectivity index (χ3n) is 2.48. The van der Waals surface area contributed by atoms with Crippen LogP contribution in [0.25, 0.3) is 0 Å². The molecule has 1 atom stereocenters. The van der Waals surface area contributed by atoms with E-state index < -0.39 is 0 Å². The molecule has 0 aliphatic rings. The van der Waals surface area contributed by atoms with Crippen LogP contribution in [0.1, 0.15) is 32.9 Å². The summed E-state index contributed by atoms with van der Waals surface area (Å²) in [4.78, 5) is 0. The minimum Gasteiger partial charge on any atom is -0.351 e. The predicted molar refractivity (Wildman–Crippen MR) is 61.2 cm³/mol. The van der Waals surface area contributed by atoms with E-state index in [1.54, 1.807) is 0 Å². The maximum absolute atomic E-state index is 5.95. The Kier molecular flexibility index (Phi) is 4.21. The summed E-state index contributed by atoms with van der Waals surface area (Å²) in [5, 5.41) is 0. The van der Waals surface area contributed by atoms with E-state index in [0.29, 0.717) is 12.0 Å². The summed E-state index contributed by atoms with van der Waals surface area (Å²) in [6.45, 7) is 7.71. The molecule has 0 saturated heterocycles. The second-order valence-corrected chi connectivity index (χ2v) is 4.42. The number of aromatic nitrogens is 1. The zero-order chi connectivity index (χ0) is 10.6. The Bertz CT molecular complexity index is 263. The SMILES string of the molecule is CCC(N)Cc1cccn1CC(C)C. The largest absolute Gasteiger partial charge is 0.351 e. The van der Waals surface area contributed by atoms with Crippen molar-refractivity contribution >= 4 is 0 Å². The minimum atomic E-state index is 0.302. The van der Waals surface area contributed by atoms with E-state index in [4.69, 9.17) is 5.73 Å². The van der Waals surface area contributed by atoms with Crippen LogP contribution >= 0.6 is 0 Å². The molecule has 0 spiro atoms. The van der Waals surface area contributed by atoms with E-state index in [1.807, 2.05) is 0 Å². The fourth-order valence-electron chi connectivity index (χ4n) is 1.62. The van der Waals surface area contributed by atoms with Gasteiger partial charge in [0.05, 0.1) is 0 Å². The highest BCUT2D eigenvalue weighted by molar-refractivity contribution is 5.08. The van der Waals surface area contributed by atoms with E-state index in [-0.39, 0.29) is 0 Å². The zero-order valence-corrected chi connectivity index (χ0v) is 9.53. The number of rotatable bonds is 5. The fourth-order valence-corrected chi connectivity index (χ4v) is 1.62. The molecule has 1 rings (SSSR count). The fraction of sp³-hybridized carbons (Fsp3) is 0.667. The highest BCUT2D eigenvalue weighted by Crippen LogP contribution is 2.09. The van der Waals surface area contributed by atoms with Crippen LogP contribution in [0.5, 0.6) is 0 Å². The zero-order valence-electron chi connectivity index (χ0n) is 9.53. The van der Waals surface area contributed by atoms with Crippen molar-refractivity contribution in [3.63, 3.8) is 0 Å². The lowest BCUT2D eigenvalue weighted by Gasteiger charge is -2.14. The maximum Gasteiger partial charge on any atom is 0.0245 e. The van der Waals surface area contributed by atoms with Crippen molar-refractivity contribution in [2.75, 3.05) is 0 Å². The van der Waals surface area contributed by atoms with Crippen LogP contribution < -0.4 is 5.73 Å². The molecule has 0 saturated carbocycles.